The van der Waals surface area contributed by atoms with Crippen LogP contribution in [0.3, 0.4) is 0 Å². The van der Waals surface area contributed by atoms with Crippen molar-refractivity contribution in [3.8, 4) is 0 Å². The van der Waals surface area contributed by atoms with E-state index in [9.17, 15) is 0 Å². The lowest BCUT2D eigenvalue weighted by Crippen LogP contribution is -2.19. The Morgan fingerprint density at radius 3 is 2.39 bits per heavy atom. The lowest BCUT2D eigenvalue weighted by atomic mass is 10.1. The van der Waals surface area contributed by atoms with Gasteiger partial charge in [0.15, 0.2) is 0 Å². The first-order valence-electron chi connectivity index (χ1n) is 6.31. The summed E-state index contributed by atoms with van der Waals surface area (Å²) >= 11 is 11.8. The van der Waals surface area contributed by atoms with Gasteiger partial charge in [-0.2, -0.15) is 0 Å². The van der Waals surface area contributed by atoms with Gasteiger partial charge in [0.2, 0.25) is 0 Å². The molecule has 0 atom stereocenters. The molecular formula is C14H21Cl2NO. The lowest BCUT2D eigenvalue weighted by Gasteiger charge is -2.08. The van der Waals surface area contributed by atoms with Gasteiger partial charge in [0, 0.05) is 29.7 Å². The van der Waals surface area contributed by atoms with Gasteiger partial charge < -0.3 is 10.1 Å². The third-order valence-corrected chi connectivity index (χ3v) is 2.95. The smallest absolute Gasteiger partial charge is 0.0591 e. The Hall–Kier alpha value is -0.280. The van der Waals surface area contributed by atoms with Crippen molar-refractivity contribution in [3.63, 3.8) is 0 Å². The highest BCUT2D eigenvalue weighted by molar-refractivity contribution is 6.34. The summed E-state index contributed by atoms with van der Waals surface area (Å²) in [5.74, 6) is 0.701. The zero-order valence-corrected chi connectivity index (χ0v) is 12.5. The average Bonchev–Trinajstić information content (AvgIpc) is 2.26. The molecule has 0 unspecified atom stereocenters. The standard InChI is InChI=1S/C14H21Cl2NO/c1-11(2)3-5-18-6-4-17-10-12-7-13(15)9-14(16)8-12/h7-9,11,17H,3-6,10H2,1-2H3. The molecule has 0 fully saturated rings. The fourth-order valence-electron chi connectivity index (χ4n) is 1.51. The third kappa shape index (κ3) is 7.22. The Morgan fingerprint density at radius 1 is 1.11 bits per heavy atom. The Bertz CT molecular complexity index is 335. The van der Waals surface area contributed by atoms with Gasteiger partial charge in [-0.1, -0.05) is 37.0 Å². The molecule has 1 aromatic carbocycles. The zero-order chi connectivity index (χ0) is 13.4. The van der Waals surface area contributed by atoms with Crippen LogP contribution in [0.4, 0.5) is 0 Å². The minimum Gasteiger partial charge on any atom is -0.380 e. The molecule has 0 bridgehead atoms. The highest BCUT2D eigenvalue weighted by atomic mass is 35.5. The Kier molecular flexibility index (Phi) is 7.68. The molecule has 18 heavy (non-hydrogen) atoms. The summed E-state index contributed by atoms with van der Waals surface area (Å²) in [7, 11) is 0. The van der Waals surface area contributed by atoms with Crippen molar-refractivity contribution in [1.29, 1.82) is 0 Å². The van der Waals surface area contributed by atoms with E-state index in [1.165, 1.54) is 0 Å². The van der Waals surface area contributed by atoms with E-state index in [4.69, 9.17) is 27.9 Å². The maximum atomic E-state index is 5.92. The molecule has 0 heterocycles. The quantitative estimate of drug-likeness (QED) is 0.726. The van der Waals surface area contributed by atoms with Gasteiger partial charge in [-0.15, -0.1) is 0 Å². The monoisotopic (exact) mass is 289 g/mol. The minimum atomic E-state index is 0.674. The Morgan fingerprint density at radius 2 is 1.78 bits per heavy atom. The largest absolute Gasteiger partial charge is 0.380 e. The van der Waals surface area contributed by atoms with Crippen LogP contribution in [0.15, 0.2) is 18.2 Å². The van der Waals surface area contributed by atoms with E-state index in [1.54, 1.807) is 6.07 Å². The van der Waals surface area contributed by atoms with Crippen molar-refractivity contribution >= 4 is 23.2 Å². The van der Waals surface area contributed by atoms with E-state index in [0.29, 0.717) is 16.0 Å². The van der Waals surface area contributed by atoms with E-state index in [0.717, 1.165) is 38.3 Å². The van der Waals surface area contributed by atoms with Gasteiger partial charge in [-0.3, -0.25) is 0 Å². The van der Waals surface area contributed by atoms with Crippen LogP contribution in [0.2, 0.25) is 10.0 Å². The molecule has 0 aliphatic heterocycles. The molecule has 102 valence electrons. The number of ether oxygens (including phenoxy) is 1. The van der Waals surface area contributed by atoms with Crippen LogP contribution in [0.25, 0.3) is 0 Å². The highest BCUT2D eigenvalue weighted by Gasteiger charge is 1.98. The molecule has 0 saturated carbocycles. The van der Waals surface area contributed by atoms with Crippen molar-refractivity contribution < 1.29 is 4.74 Å². The molecule has 1 rings (SSSR count). The maximum absolute atomic E-state index is 5.92. The molecule has 0 aliphatic carbocycles. The summed E-state index contributed by atoms with van der Waals surface area (Å²) in [6.45, 7) is 7.56. The van der Waals surface area contributed by atoms with Gasteiger partial charge >= 0.3 is 0 Å². The fourth-order valence-corrected chi connectivity index (χ4v) is 2.08. The first-order chi connectivity index (χ1) is 8.58. The minimum absolute atomic E-state index is 0.674. The van der Waals surface area contributed by atoms with Gasteiger partial charge in [0.1, 0.15) is 0 Å². The normalized spacial score (nSPS) is 11.2. The van der Waals surface area contributed by atoms with Crippen LogP contribution in [0, 0.1) is 5.92 Å². The number of benzene rings is 1. The first kappa shape index (κ1) is 15.8. The predicted molar refractivity (Wildman–Crippen MR) is 78.4 cm³/mol. The summed E-state index contributed by atoms with van der Waals surface area (Å²) in [5.41, 5.74) is 1.09. The van der Waals surface area contributed by atoms with Crippen LogP contribution in [0.1, 0.15) is 25.8 Å². The second-order valence-corrected chi connectivity index (χ2v) is 5.62. The molecule has 0 saturated heterocycles. The molecule has 2 nitrogen and oxygen atoms in total. The van der Waals surface area contributed by atoms with Gasteiger partial charge in [-0.05, 0) is 36.1 Å². The molecule has 4 heteroatoms. The number of nitrogens with one attached hydrogen (secondary N) is 1. The predicted octanol–water partition coefficient (Wildman–Crippen LogP) is 4.15. The van der Waals surface area contributed by atoms with E-state index < -0.39 is 0 Å². The van der Waals surface area contributed by atoms with Gasteiger partial charge in [-0.25, -0.2) is 0 Å². The van der Waals surface area contributed by atoms with Crippen LogP contribution >= 0.6 is 23.2 Å². The zero-order valence-electron chi connectivity index (χ0n) is 11.0. The van der Waals surface area contributed by atoms with Crippen LogP contribution in [-0.2, 0) is 11.3 Å². The molecule has 0 amide bonds. The molecule has 1 N–H and O–H groups in total. The van der Waals surface area contributed by atoms with Crippen molar-refractivity contribution in [2.45, 2.75) is 26.8 Å². The maximum Gasteiger partial charge on any atom is 0.0591 e. The summed E-state index contributed by atoms with van der Waals surface area (Å²) in [6.07, 6.45) is 1.11. The molecule has 1 aromatic rings. The van der Waals surface area contributed by atoms with Crippen molar-refractivity contribution in [3.05, 3.63) is 33.8 Å². The summed E-state index contributed by atoms with van der Waals surface area (Å²) < 4.78 is 5.52. The number of halogens is 2. The summed E-state index contributed by atoms with van der Waals surface area (Å²) in [4.78, 5) is 0. The molecule has 0 aliphatic rings. The van der Waals surface area contributed by atoms with Gasteiger partial charge in [0.25, 0.3) is 0 Å². The SMILES string of the molecule is CC(C)CCOCCNCc1cc(Cl)cc(Cl)c1. The van der Waals surface area contributed by atoms with Gasteiger partial charge in [0.05, 0.1) is 6.61 Å². The molecule has 0 aromatic heterocycles. The average molecular weight is 290 g/mol. The topological polar surface area (TPSA) is 21.3 Å². The number of rotatable bonds is 8. The van der Waals surface area contributed by atoms with E-state index in [1.807, 2.05) is 12.1 Å². The number of hydrogen-bond donors (Lipinski definition) is 1. The lowest BCUT2D eigenvalue weighted by molar-refractivity contribution is 0.125. The highest BCUT2D eigenvalue weighted by Crippen LogP contribution is 2.18. The molecule has 0 radical (unpaired) electrons. The van der Waals surface area contributed by atoms with Crippen LogP contribution < -0.4 is 5.32 Å². The second-order valence-electron chi connectivity index (χ2n) is 4.75. The summed E-state index contributed by atoms with van der Waals surface area (Å²) in [5, 5.41) is 4.65. The van der Waals surface area contributed by atoms with Crippen molar-refractivity contribution in [2.24, 2.45) is 5.92 Å². The summed E-state index contributed by atoms with van der Waals surface area (Å²) in [6, 6.07) is 5.57. The van der Waals surface area contributed by atoms with Crippen LogP contribution in [0.5, 0.6) is 0 Å². The van der Waals surface area contributed by atoms with E-state index in [-0.39, 0.29) is 0 Å². The Labute approximate surface area is 120 Å². The molecule has 0 spiro atoms. The first-order valence-corrected chi connectivity index (χ1v) is 7.07. The third-order valence-electron chi connectivity index (χ3n) is 2.51. The van der Waals surface area contributed by atoms with E-state index in [2.05, 4.69) is 19.2 Å². The second kappa shape index (κ2) is 8.76. The molecular weight excluding hydrogens is 269 g/mol. The van der Waals surface area contributed by atoms with Crippen molar-refractivity contribution in [1.82, 2.24) is 5.32 Å². The van der Waals surface area contributed by atoms with Crippen LogP contribution in [-0.4, -0.2) is 19.8 Å². The Balaban J connectivity index is 2.10. The van der Waals surface area contributed by atoms with Crippen molar-refractivity contribution in [2.75, 3.05) is 19.8 Å². The fraction of sp³-hybridized carbons (Fsp3) is 0.571. The van der Waals surface area contributed by atoms with E-state index >= 15 is 0 Å². The number of hydrogen-bond acceptors (Lipinski definition) is 2.